The molecule has 0 unspecified atom stereocenters. The number of nitrogens with one attached hydrogen (secondary N) is 1. The number of non-ortho nitro benzene ring substituents is 1. The van der Waals surface area contributed by atoms with Crippen LogP contribution in [0.4, 0.5) is 10.1 Å². The van der Waals surface area contributed by atoms with Gasteiger partial charge in [-0.15, -0.1) is 0 Å². The number of nitrogens with zero attached hydrogens (tertiary/aromatic N) is 2. The van der Waals surface area contributed by atoms with Gasteiger partial charge >= 0.3 is 0 Å². The molecule has 0 atom stereocenters. The van der Waals surface area contributed by atoms with E-state index in [-0.39, 0.29) is 11.5 Å². The Balaban J connectivity index is 1.76. The lowest BCUT2D eigenvalue weighted by atomic mass is 10.1. The molecule has 0 spiro atoms. The number of benzene rings is 2. The Morgan fingerprint density at radius 2 is 1.88 bits per heavy atom. The summed E-state index contributed by atoms with van der Waals surface area (Å²) in [7, 11) is 0. The van der Waals surface area contributed by atoms with Crippen molar-refractivity contribution in [1.82, 2.24) is 9.97 Å². The molecule has 0 amide bonds. The minimum absolute atomic E-state index is 0.0239. The van der Waals surface area contributed by atoms with Crippen molar-refractivity contribution < 1.29 is 13.7 Å². The average Bonchev–Trinajstić information content (AvgIpc) is 3.21. The molecule has 0 fully saturated rings. The summed E-state index contributed by atoms with van der Waals surface area (Å²) in [6.07, 6.45) is 0. The maximum atomic E-state index is 13.8. The third-order valence-corrected chi connectivity index (χ3v) is 3.65. The van der Waals surface area contributed by atoms with Crippen LogP contribution in [0.2, 0.25) is 0 Å². The first-order chi connectivity index (χ1) is 11.6. The first-order valence-corrected chi connectivity index (χ1v) is 7.11. The number of aromatic amines is 1. The van der Waals surface area contributed by atoms with Crippen LogP contribution < -0.4 is 0 Å². The van der Waals surface area contributed by atoms with E-state index in [9.17, 15) is 14.5 Å². The Kier molecular flexibility index (Phi) is 3.13. The van der Waals surface area contributed by atoms with Crippen molar-refractivity contribution in [1.29, 1.82) is 0 Å². The van der Waals surface area contributed by atoms with Crippen molar-refractivity contribution in [2.45, 2.75) is 0 Å². The Labute approximate surface area is 134 Å². The lowest BCUT2D eigenvalue weighted by Gasteiger charge is -1.98. The van der Waals surface area contributed by atoms with Gasteiger partial charge in [0.1, 0.15) is 11.6 Å². The number of imidazole rings is 1. The summed E-state index contributed by atoms with van der Waals surface area (Å²) >= 11 is 0. The smallest absolute Gasteiger partial charge is 0.271 e. The Morgan fingerprint density at radius 3 is 2.67 bits per heavy atom. The van der Waals surface area contributed by atoms with E-state index in [1.807, 2.05) is 0 Å². The van der Waals surface area contributed by atoms with Gasteiger partial charge in [-0.2, -0.15) is 0 Å². The van der Waals surface area contributed by atoms with Crippen LogP contribution in [0.5, 0.6) is 0 Å². The summed E-state index contributed by atoms with van der Waals surface area (Å²) in [5.74, 6) is 0.855. The number of aromatic nitrogens is 2. The number of nitro benzene ring substituents is 1. The molecule has 0 saturated heterocycles. The summed E-state index contributed by atoms with van der Waals surface area (Å²) in [5, 5.41) is 10.8. The van der Waals surface area contributed by atoms with E-state index in [0.717, 1.165) is 0 Å². The predicted molar refractivity (Wildman–Crippen MR) is 85.8 cm³/mol. The van der Waals surface area contributed by atoms with Crippen molar-refractivity contribution in [3.05, 3.63) is 70.5 Å². The van der Waals surface area contributed by atoms with Crippen LogP contribution in [-0.2, 0) is 0 Å². The van der Waals surface area contributed by atoms with Crippen molar-refractivity contribution in [2.24, 2.45) is 0 Å². The minimum atomic E-state index is -0.469. The van der Waals surface area contributed by atoms with Crippen molar-refractivity contribution in [2.75, 3.05) is 0 Å². The van der Waals surface area contributed by atoms with Gasteiger partial charge < -0.3 is 9.40 Å². The molecule has 7 heteroatoms. The third kappa shape index (κ3) is 2.32. The lowest BCUT2D eigenvalue weighted by molar-refractivity contribution is -0.384. The van der Waals surface area contributed by atoms with Gasteiger partial charge in [0.15, 0.2) is 11.6 Å². The molecule has 2 aromatic carbocycles. The zero-order chi connectivity index (χ0) is 16.7. The van der Waals surface area contributed by atoms with Gasteiger partial charge in [0, 0.05) is 12.1 Å². The molecule has 0 saturated carbocycles. The molecule has 4 aromatic rings. The molecule has 2 aromatic heterocycles. The van der Waals surface area contributed by atoms with Gasteiger partial charge in [0.2, 0.25) is 0 Å². The molecule has 0 aliphatic carbocycles. The number of nitro groups is 1. The number of hydrogen-bond acceptors (Lipinski definition) is 4. The largest absolute Gasteiger partial charge is 0.453 e. The van der Waals surface area contributed by atoms with Crippen LogP contribution >= 0.6 is 0 Å². The highest BCUT2D eigenvalue weighted by Gasteiger charge is 2.14. The van der Waals surface area contributed by atoms with E-state index in [4.69, 9.17) is 4.42 Å². The maximum absolute atomic E-state index is 13.8. The predicted octanol–water partition coefficient (Wildman–Crippen LogP) is 4.54. The molecule has 0 radical (unpaired) electrons. The molecule has 0 aliphatic heterocycles. The average molecular weight is 323 g/mol. The first-order valence-electron chi connectivity index (χ1n) is 7.11. The number of fused-ring (bicyclic) bond motifs is 1. The summed E-state index contributed by atoms with van der Waals surface area (Å²) in [6, 6.07) is 14.0. The third-order valence-electron chi connectivity index (χ3n) is 3.65. The van der Waals surface area contributed by atoms with Crippen molar-refractivity contribution >= 4 is 16.7 Å². The molecule has 4 rings (SSSR count). The molecule has 0 bridgehead atoms. The van der Waals surface area contributed by atoms with Gasteiger partial charge in [0.25, 0.3) is 5.69 Å². The topological polar surface area (TPSA) is 85.0 Å². The SMILES string of the molecule is O=[N+]([O-])c1ccc2nc(-c3ccc(-c4ccccc4F)o3)[nH]c2c1. The highest BCUT2D eigenvalue weighted by atomic mass is 19.1. The van der Waals surface area contributed by atoms with Gasteiger partial charge in [0.05, 0.1) is 21.5 Å². The molecule has 118 valence electrons. The fourth-order valence-electron chi connectivity index (χ4n) is 2.50. The zero-order valence-electron chi connectivity index (χ0n) is 12.2. The van der Waals surface area contributed by atoms with Gasteiger partial charge in [-0.05, 0) is 30.3 Å². The highest BCUT2D eigenvalue weighted by molar-refractivity contribution is 5.81. The van der Waals surface area contributed by atoms with Crippen molar-refractivity contribution in [3.63, 3.8) is 0 Å². The van der Waals surface area contributed by atoms with Gasteiger partial charge in [-0.25, -0.2) is 9.37 Å². The molecular weight excluding hydrogens is 313 g/mol. The molecule has 1 N–H and O–H groups in total. The second kappa shape index (κ2) is 5.31. The molecular formula is C17H10FN3O3. The second-order valence-corrected chi connectivity index (χ2v) is 5.19. The molecule has 6 nitrogen and oxygen atoms in total. The summed E-state index contributed by atoms with van der Waals surface area (Å²) in [4.78, 5) is 17.7. The first kappa shape index (κ1) is 14.1. The van der Waals surface area contributed by atoms with Gasteiger partial charge in [-0.1, -0.05) is 12.1 Å². The molecule has 2 heterocycles. The zero-order valence-corrected chi connectivity index (χ0v) is 12.2. The highest BCUT2D eigenvalue weighted by Crippen LogP contribution is 2.30. The summed E-state index contributed by atoms with van der Waals surface area (Å²) in [5.41, 5.74) is 1.45. The Hall–Kier alpha value is -3.48. The molecule has 0 aliphatic rings. The normalized spacial score (nSPS) is 11.0. The fraction of sp³-hybridized carbons (Fsp3) is 0. The number of halogens is 1. The van der Waals surface area contributed by atoms with E-state index in [0.29, 0.717) is 33.9 Å². The second-order valence-electron chi connectivity index (χ2n) is 5.19. The Bertz CT molecular complexity index is 1070. The standard InChI is InChI=1S/C17H10FN3O3/c18-12-4-2-1-3-11(12)15-7-8-16(24-15)17-19-13-6-5-10(21(22)23)9-14(13)20-17/h1-9H,(H,19,20). The molecule has 24 heavy (non-hydrogen) atoms. The number of hydrogen-bond donors (Lipinski definition) is 1. The van der Waals surface area contributed by atoms with E-state index in [1.54, 1.807) is 36.4 Å². The van der Waals surface area contributed by atoms with E-state index in [2.05, 4.69) is 9.97 Å². The Morgan fingerprint density at radius 1 is 1.08 bits per heavy atom. The van der Waals surface area contributed by atoms with Gasteiger partial charge in [-0.3, -0.25) is 10.1 Å². The summed E-state index contributed by atoms with van der Waals surface area (Å²) in [6.45, 7) is 0. The quantitative estimate of drug-likeness (QED) is 0.443. The number of furan rings is 1. The number of H-pyrrole nitrogens is 1. The van der Waals surface area contributed by atoms with Crippen LogP contribution in [0, 0.1) is 15.9 Å². The van der Waals surface area contributed by atoms with E-state index in [1.165, 1.54) is 18.2 Å². The van der Waals surface area contributed by atoms with Crippen LogP contribution in [0.1, 0.15) is 0 Å². The van der Waals surface area contributed by atoms with Crippen molar-refractivity contribution in [3.8, 4) is 22.9 Å². The van der Waals surface area contributed by atoms with Crippen LogP contribution in [0.15, 0.2) is 59.0 Å². The van der Waals surface area contributed by atoms with E-state index >= 15 is 0 Å². The van der Waals surface area contributed by atoms with E-state index < -0.39 is 4.92 Å². The monoisotopic (exact) mass is 323 g/mol. The van der Waals surface area contributed by atoms with Crippen LogP contribution in [0.25, 0.3) is 33.9 Å². The lowest BCUT2D eigenvalue weighted by Crippen LogP contribution is -1.86. The summed E-state index contributed by atoms with van der Waals surface area (Å²) < 4.78 is 19.5. The minimum Gasteiger partial charge on any atom is -0.453 e. The maximum Gasteiger partial charge on any atom is 0.271 e. The fourth-order valence-corrected chi connectivity index (χ4v) is 2.50. The van der Waals surface area contributed by atoms with Crippen LogP contribution in [0.3, 0.4) is 0 Å². The number of rotatable bonds is 3. The van der Waals surface area contributed by atoms with Crippen LogP contribution in [-0.4, -0.2) is 14.9 Å².